The van der Waals surface area contributed by atoms with E-state index >= 15 is 0 Å². The van der Waals surface area contributed by atoms with Crippen LogP contribution in [0, 0.1) is 0 Å². The SMILES string of the molecule is CCc1cccc(Cc2ccc(C(=O)ON(C)C(=O)CCC=O)cc2)c1. The third-order valence-electron chi connectivity index (χ3n) is 4.04. The summed E-state index contributed by atoms with van der Waals surface area (Å²) in [6.45, 7) is 2.13. The molecule has 0 saturated heterocycles. The van der Waals surface area contributed by atoms with Crippen LogP contribution in [0.25, 0.3) is 0 Å². The summed E-state index contributed by atoms with van der Waals surface area (Å²) >= 11 is 0. The fourth-order valence-corrected chi connectivity index (χ4v) is 2.52. The summed E-state index contributed by atoms with van der Waals surface area (Å²) in [7, 11) is 1.36. The van der Waals surface area contributed by atoms with E-state index in [1.807, 2.05) is 12.1 Å². The van der Waals surface area contributed by atoms with Crippen molar-refractivity contribution in [1.82, 2.24) is 5.06 Å². The van der Waals surface area contributed by atoms with E-state index in [4.69, 9.17) is 4.84 Å². The van der Waals surface area contributed by atoms with Gasteiger partial charge >= 0.3 is 5.97 Å². The molecule has 0 radical (unpaired) electrons. The van der Waals surface area contributed by atoms with Gasteiger partial charge < -0.3 is 9.63 Å². The highest BCUT2D eigenvalue weighted by atomic mass is 16.7. The number of carbonyl (C=O) groups excluding carboxylic acids is 3. The van der Waals surface area contributed by atoms with Crippen LogP contribution in [0.4, 0.5) is 0 Å². The second-order valence-corrected chi connectivity index (χ2v) is 6.02. The number of hydroxylamine groups is 2. The van der Waals surface area contributed by atoms with Crippen LogP contribution in [0.5, 0.6) is 0 Å². The van der Waals surface area contributed by atoms with Crippen LogP contribution < -0.4 is 0 Å². The van der Waals surface area contributed by atoms with Gasteiger partial charge in [0.1, 0.15) is 6.29 Å². The normalized spacial score (nSPS) is 10.2. The Kier molecular flexibility index (Phi) is 7.09. The Morgan fingerprint density at radius 2 is 1.73 bits per heavy atom. The molecule has 0 heterocycles. The topological polar surface area (TPSA) is 63.7 Å². The van der Waals surface area contributed by atoms with Gasteiger partial charge in [0, 0.05) is 19.9 Å². The van der Waals surface area contributed by atoms with E-state index in [1.165, 1.54) is 18.2 Å². The van der Waals surface area contributed by atoms with Crippen molar-refractivity contribution in [3.63, 3.8) is 0 Å². The minimum Gasteiger partial charge on any atom is -0.333 e. The Balaban J connectivity index is 1.96. The standard InChI is InChI=1S/C21H23NO4/c1-3-16-6-4-7-18(14-16)15-17-9-11-19(12-10-17)21(25)26-22(2)20(24)8-5-13-23/h4,6-7,9-14H,3,5,8,15H2,1-2H3. The number of amides is 1. The van der Waals surface area contributed by atoms with Gasteiger partial charge in [-0.1, -0.05) is 43.3 Å². The van der Waals surface area contributed by atoms with Gasteiger partial charge in [0.05, 0.1) is 5.56 Å². The lowest BCUT2D eigenvalue weighted by Gasteiger charge is -2.15. The third-order valence-corrected chi connectivity index (χ3v) is 4.04. The lowest BCUT2D eigenvalue weighted by Crippen LogP contribution is -2.29. The molecule has 0 aliphatic heterocycles. The maximum Gasteiger partial charge on any atom is 0.363 e. The number of benzene rings is 2. The summed E-state index contributed by atoms with van der Waals surface area (Å²) in [5, 5.41) is 0.871. The first-order valence-corrected chi connectivity index (χ1v) is 8.62. The van der Waals surface area contributed by atoms with Crippen molar-refractivity contribution in [2.75, 3.05) is 7.05 Å². The summed E-state index contributed by atoms with van der Waals surface area (Å²) < 4.78 is 0. The Bertz CT molecular complexity index is 768. The fourth-order valence-electron chi connectivity index (χ4n) is 2.52. The zero-order valence-corrected chi connectivity index (χ0v) is 15.1. The van der Waals surface area contributed by atoms with Gasteiger partial charge in [-0.3, -0.25) is 4.79 Å². The van der Waals surface area contributed by atoms with Crippen molar-refractivity contribution < 1.29 is 19.2 Å². The Morgan fingerprint density at radius 3 is 2.38 bits per heavy atom. The number of hydrogen-bond donors (Lipinski definition) is 0. The summed E-state index contributed by atoms with van der Waals surface area (Å²) in [6.07, 6.45) is 2.56. The highest BCUT2D eigenvalue weighted by Gasteiger charge is 2.15. The quantitative estimate of drug-likeness (QED) is 0.566. The fraction of sp³-hybridized carbons (Fsp3) is 0.286. The summed E-state index contributed by atoms with van der Waals surface area (Å²) in [5.74, 6) is -1.02. The first-order valence-electron chi connectivity index (χ1n) is 8.62. The molecule has 0 spiro atoms. The maximum absolute atomic E-state index is 12.1. The van der Waals surface area contributed by atoms with Crippen molar-refractivity contribution in [2.45, 2.75) is 32.6 Å². The highest BCUT2D eigenvalue weighted by molar-refractivity contribution is 5.90. The van der Waals surface area contributed by atoms with Crippen molar-refractivity contribution >= 4 is 18.2 Å². The van der Waals surface area contributed by atoms with E-state index in [2.05, 4.69) is 31.2 Å². The number of nitrogens with zero attached hydrogens (tertiary/aromatic N) is 1. The van der Waals surface area contributed by atoms with Gasteiger partial charge in [-0.25, -0.2) is 4.79 Å². The lowest BCUT2D eigenvalue weighted by molar-refractivity contribution is -0.161. The van der Waals surface area contributed by atoms with Crippen LogP contribution in [0.3, 0.4) is 0 Å². The van der Waals surface area contributed by atoms with Gasteiger partial charge in [0.2, 0.25) is 0 Å². The van der Waals surface area contributed by atoms with Crippen LogP contribution in [0.1, 0.15) is 46.8 Å². The first-order chi connectivity index (χ1) is 12.5. The smallest absolute Gasteiger partial charge is 0.333 e. The molecule has 0 aliphatic rings. The van der Waals surface area contributed by atoms with Crippen LogP contribution in [-0.2, 0) is 27.3 Å². The molecule has 0 aromatic heterocycles. The molecule has 0 aliphatic carbocycles. The van der Waals surface area contributed by atoms with Gasteiger partial charge in [-0.05, 0) is 41.7 Å². The molecular weight excluding hydrogens is 330 g/mol. The van der Waals surface area contributed by atoms with Crippen molar-refractivity contribution in [1.29, 1.82) is 0 Å². The van der Waals surface area contributed by atoms with Crippen molar-refractivity contribution in [3.05, 3.63) is 70.8 Å². The Labute approximate surface area is 153 Å². The average molecular weight is 353 g/mol. The number of hydrogen-bond acceptors (Lipinski definition) is 4. The van der Waals surface area contributed by atoms with E-state index in [1.54, 1.807) is 12.1 Å². The molecule has 26 heavy (non-hydrogen) atoms. The predicted molar refractivity (Wildman–Crippen MR) is 98.6 cm³/mol. The van der Waals surface area contributed by atoms with Gasteiger partial charge in [-0.15, -0.1) is 0 Å². The largest absolute Gasteiger partial charge is 0.363 e. The molecule has 0 unspecified atom stereocenters. The molecule has 2 rings (SSSR count). The number of aldehydes is 1. The van der Waals surface area contributed by atoms with E-state index < -0.39 is 11.9 Å². The summed E-state index contributed by atoms with van der Waals surface area (Å²) in [5.41, 5.74) is 3.97. The second kappa shape index (κ2) is 9.51. The van der Waals surface area contributed by atoms with E-state index in [9.17, 15) is 14.4 Å². The first kappa shape index (κ1) is 19.4. The van der Waals surface area contributed by atoms with Gasteiger partial charge in [0.25, 0.3) is 5.91 Å². The van der Waals surface area contributed by atoms with Crippen molar-refractivity contribution in [2.24, 2.45) is 0 Å². The molecule has 1 amide bonds. The third kappa shape index (κ3) is 5.55. The predicted octanol–water partition coefficient (Wildman–Crippen LogP) is 3.35. The molecule has 0 saturated carbocycles. The van der Waals surface area contributed by atoms with Crippen LogP contribution in [-0.4, -0.2) is 30.3 Å². The molecule has 0 atom stereocenters. The molecule has 0 bridgehead atoms. The lowest BCUT2D eigenvalue weighted by atomic mass is 10.0. The monoisotopic (exact) mass is 353 g/mol. The number of rotatable bonds is 7. The Morgan fingerprint density at radius 1 is 1.04 bits per heavy atom. The van der Waals surface area contributed by atoms with Crippen LogP contribution in [0.15, 0.2) is 48.5 Å². The maximum atomic E-state index is 12.1. The second-order valence-electron chi connectivity index (χ2n) is 6.02. The average Bonchev–Trinajstić information content (AvgIpc) is 2.66. The Hall–Kier alpha value is -2.95. The molecule has 0 N–H and O–H groups in total. The molecule has 0 fully saturated rings. The molecule has 2 aromatic carbocycles. The van der Waals surface area contributed by atoms with Crippen LogP contribution >= 0.6 is 0 Å². The van der Waals surface area contributed by atoms with Gasteiger partial charge in [0.15, 0.2) is 0 Å². The van der Waals surface area contributed by atoms with Gasteiger partial charge in [-0.2, -0.15) is 5.06 Å². The molecule has 5 heteroatoms. The number of carbonyl (C=O) groups is 3. The summed E-state index contributed by atoms with van der Waals surface area (Å²) in [6, 6.07) is 15.6. The molecule has 5 nitrogen and oxygen atoms in total. The van der Waals surface area contributed by atoms with E-state index in [0.717, 1.165) is 23.5 Å². The van der Waals surface area contributed by atoms with E-state index in [0.29, 0.717) is 11.8 Å². The van der Waals surface area contributed by atoms with E-state index in [-0.39, 0.29) is 12.8 Å². The summed E-state index contributed by atoms with van der Waals surface area (Å²) in [4.78, 5) is 39.1. The highest BCUT2D eigenvalue weighted by Crippen LogP contribution is 2.14. The minimum absolute atomic E-state index is 0.0169. The van der Waals surface area contributed by atoms with Crippen molar-refractivity contribution in [3.8, 4) is 0 Å². The molecule has 2 aromatic rings. The number of aryl methyl sites for hydroxylation is 1. The minimum atomic E-state index is -0.605. The van der Waals surface area contributed by atoms with Crippen LogP contribution in [0.2, 0.25) is 0 Å². The molecule has 136 valence electrons. The zero-order chi connectivity index (χ0) is 18.9. The molecular formula is C21H23NO4. The zero-order valence-electron chi connectivity index (χ0n) is 15.1.